The zero-order valence-electron chi connectivity index (χ0n) is 13.7. The van der Waals surface area contributed by atoms with E-state index in [4.69, 9.17) is 9.15 Å². The van der Waals surface area contributed by atoms with E-state index in [0.717, 1.165) is 0 Å². The van der Waals surface area contributed by atoms with Gasteiger partial charge in [0, 0.05) is 20.0 Å². The molecule has 2 aromatic rings. The van der Waals surface area contributed by atoms with Gasteiger partial charge >= 0.3 is 0 Å². The minimum Gasteiger partial charge on any atom is -0.483 e. The molecule has 0 unspecified atom stereocenters. The van der Waals surface area contributed by atoms with Crippen LogP contribution in [0.3, 0.4) is 0 Å². The lowest BCUT2D eigenvalue weighted by atomic mass is 10.0. The van der Waals surface area contributed by atoms with Crippen molar-refractivity contribution in [1.82, 2.24) is 9.21 Å². The molecule has 1 spiro atoms. The number of sulfonamides is 1. The molecule has 8 heteroatoms. The van der Waals surface area contributed by atoms with Crippen LogP contribution in [0.4, 0.5) is 0 Å². The first-order chi connectivity index (χ1) is 11.9. The van der Waals surface area contributed by atoms with E-state index in [2.05, 4.69) is 0 Å². The zero-order valence-corrected chi connectivity index (χ0v) is 14.5. The molecule has 4 rings (SSSR count). The lowest BCUT2D eigenvalue weighted by molar-refractivity contribution is 0.0529. The van der Waals surface area contributed by atoms with Gasteiger partial charge in [0.05, 0.1) is 19.4 Å². The van der Waals surface area contributed by atoms with Crippen LogP contribution in [-0.4, -0.2) is 55.8 Å². The number of likely N-dealkylation sites (N-methyl/N-ethyl adjacent to an activating group) is 1. The van der Waals surface area contributed by atoms with Gasteiger partial charge in [0.1, 0.15) is 16.2 Å². The van der Waals surface area contributed by atoms with E-state index in [1.54, 1.807) is 48.3 Å². The summed E-state index contributed by atoms with van der Waals surface area (Å²) < 4.78 is 38.1. The molecule has 1 fully saturated rings. The number of amides is 1. The molecule has 0 saturated carbocycles. The van der Waals surface area contributed by atoms with Crippen LogP contribution in [0.1, 0.15) is 17.0 Å². The van der Waals surface area contributed by atoms with Crippen molar-refractivity contribution in [2.45, 2.75) is 16.9 Å². The highest BCUT2D eigenvalue weighted by Gasteiger charge is 2.48. The summed E-state index contributed by atoms with van der Waals surface area (Å²) in [4.78, 5) is 14.3. The summed E-state index contributed by atoms with van der Waals surface area (Å²) in [5.74, 6) is 0.389. The fourth-order valence-corrected chi connectivity index (χ4v) is 4.81. The van der Waals surface area contributed by atoms with Crippen molar-refractivity contribution in [1.29, 1.82) is 0 Å². The first-order valence-corrected chi connectivity index (χ1v) is 9.43. The maximum Gasteiger partial charge on any atom is 0.289 e. The van der Waals surface area contributed by atoms with Crippen LogP contribution in [0, 0.1) is 0 Å². The third-order valence-electron chi connectivity index (χ3n) is 4.71. The van der Waals surface area contributed by atoms with Gasteiger partial charge in [-0.05, 0) is 24.3 Å². The number of rotatable bonds is 1. The zero-order chi connectivity index (χ0) is 17.7. The fraction of sp³-hybridized carbons (Fsp3) is 0.353. The Kier molecular flexibility index (Phi) is 3.62. The average Bonchev–Trinajstić information content (AvgIpc) is 3.23. The molecule has 7 nitrogen and oxygen atoms in total. The number of carbonyl (C=O) groups is 1. The summed E-state index contributed by atoms with van der Waals surface area (Å²) >= 11 is 0. The van der Waals surface area contributed by atoms with Crippen molar-refractivity contribution < 1.29 is 22.4 Å². The van der Waals surface area contributed by atoms with Gasteiger partial charge in [-0.1, -0.05) is 12.1 Å². The Balaban J connectivity index is 1.67. The first-order valence-electron chi connectivity index (χ1n) is 7.99. The highest BCUT2D eigenvalue weighted by atomic mass is 32.2. The van der Waals surface area contributed by atoms with Crippen LogP contribution in [0.2, 0.25) is 0 Å². The quantitative estimate of drug-likeness (QED) is 0.769. The molecule has 2 aliphatic heterocycles. The fourth-order valence-electron chi connectivity index (χ4n) is 3.46. The Morgan fingerprint density at radius 2 is 1.96 bits per heavy atom. The molecule has 1 aromatic carbocycles. The Morgan fingerprint density at radius 3 is 2.72 bits per heavy atom. The molecule has 0 bridgehead atoms. The minimum absolute atomic E-state index is 0.158. The van der Waals surface area contributed by atoms with Crippen LogP contribution < -0.4 is 4.74 Å². The maximum atomic E-state index is 12.7. The third-order valence-corrected chi connectivity index (χ3v) is 6.55. The topological polar surface area (TPSA) is 80.1 Å². The molecule has 3 heterocycles. The monoisotopic (exact) mass is 362 g/mol. The standard InChI is InChI=1S/C17H18N2O5S/c1-18-11-17(24-13-5-2-3-7-15(13)25(18,21)22)8-9-19(12-17)16(20)14-6-4-10-23-14/h2-7,10H,8-9,11-12H2,1H3/t17-/m1/s1. The normalized spacial score (nSPS) is 25.4. The second-order valence-corrected chi connectivity index (χ2v) is 8.46. The van der Waals surface area contributed by atoms with Crippen molar-refractivity contribution in [3.63, 3.8) is 0 Å². The first kappa shape index (κ1) is 16.2. The van der Waals surface area contributed by atoms with Crippen LogP contribution in [-0.2, 0) is 10.0 Å². The van der Waals surface area contributed by atoms with Crippen LogP contribution in [0.15, 0.2) is 52.0 Å². The summed E-state index contributed by atoms with van der Waals surface area (Å²) in [5.41, 5.74) is -0.767. The summed E-state index contributed by atoms with van der Waals surface area (Å²) in [6.45, 7) is 0.974. The number of hydrogen-bond donors (Lipinski definition) is 0. The second-order valence-electron chi connectivity index (χ2n) is 6.45. The molecule has 25 heavy (non-hydrogen) atoms. The molecule has 132 valence electrons. The maximum absolute atomic E-state index is 12.7. The van der Waals surface area contributed by atoms with E-state index in [1.165, 1.54) is 10.6 Å². The largest absolute Gasteiger partial charge is 0.483 e. The van der Waals surface area contributed by atoms with E-state index in [1.807, 2.05) is 0 Å². The molecule has 2 aliphatic rings. The van der Waals surface area contributed by atoms with E-state index >= 15 is 0 Å². The number of furan rings is 1. The Labute approximate surface area is 145 Å². The van der Waals surface area contributed by atoms with Crippen molar-refractivity contribution in [3.05, 3.63) is 48.4 Å². The van der Waals surface area contributed by atoms with E-state index < -0.39 is 15.6 Å². The van der Waals surface area contributed by atoms with Gasteiger partial charge in [-0.25, -0.2) is 8.42 Å². The highest BCUT2D eigenvalue weighted by Crippen LogP contribution is 2.38. The average molecular weight is 362 g/mol. The van der Waals surface area contributed by atoms with Crippen LogP contribution in [0.5, 0.6) is 5.75 Å². The molecule has 0 N–H and O–H groups in total. The van der Waals surface area contributed by atoms with Gasteiger partial charge in [-0.2, -0.15) is 4.31 Å². The Hall–Kier alpha value is -2.32. The Morgan fingerprint density at radius 1 is 1.16 bits per heavy atom. The number of hydrogen-bond acceptors (Lipinski definition) is 5. The smallest absolute Gasteiger partial charge is 0.289 e. The van der Waals surface area contributed by atoms with Gasteiger partial charge in [0.15, 0.2) is 5.76 Å². The lowest BCUT2D eigenvalue weighted by Crippen LogP contribution is -2.48. The number of benzene rings is 1. The van der Waals surface area contributed by atoms with E-state index in [9.17, 15) is 13.2 Å². The number of nitrogens with zero attached hydrogens (tertiary/aromatic N) is 2. The van der Waals surface area contributed by atoms with Gasteiger partial charge in [0.25, 0.3) is 5.91 Å². The summed E-state index contributed by atoms with van der Waals surface area (Å²) in [6.07, 6.45) is 2.01. The van der Waals surface area contributed by atoms with E-state index in [-0.39, 0.29) is 23.1 Å². The predicted octanol–water partition coefficient (Wildman–Crippen LogP) is 1.58. The van der Waals surface area contributed by atoms with Crippen molar-refractivity contribution >= 4 is 15.9 Å². The molecule has 1 amide bonds. The van der Waals surface area contributed by atoms with Gasteiger partial charge in [0.2, 0.25) is 10.0 Å². The number of ether oxygens (including phenoxy) is 1. The SMILES string of the molecule is CN1C[C@@]2(CCN(C(=O)c3ccco3)C2)Oc2ccccc2S1(=O)=O. The molecule has 1 atom stereocenters. The molecule has 1 saturated heterocycles. The van der Waals surface area contributed by atoms with E-state index in [0.29, 0.717) is 25.3 Å². The lowest BCUT2D eigenvalue weighted by Gasteiger charge is -2.30. The summed E-state index contributed by atoms with van der Waals surface area (Å²) in [7, 11) is -2.07. The molecular formula is C17H18N2O5S. The minimum atomic E-state index is -3.62. The van der Waals surface area contributed by atoms with Crippen molar-refractivity contribution in [3.8, 4) is 5.75 Å². The number of para-hydroxylation sites is 1. The van der Waals surface area contributed by atoms with Gasteiger partial charge in [-0.15, -0.1) is 0 Å². The third kappa shape index (κ3) is 2.61. The predicted molar refractivity (Wildman–Crippen MR) is 88.8 cm³/mol. The van der Waals surface area contributed by atoms with Gasteiger partial charge < -0.3 is 14.1 Å². The van der Waals surface area contributed by atoms with Crippen molar-refractivity contribution in [2.75, 3.05) is 26.7 Å². The second kappa shape index (κ2) is 5.60. The molecule has 1 aromatic heterocycles. The molecule has 0 aliphatic carbocycles. The summed E-state index contributed by atoms with van der Waals surface area (Å²) in [5, 5.41) is 0. The van der Waals surface area contributed by atoms with Gasteiger partial charge in [-0.3, -0.25) is 4.79 Å². The number of carbonyl (C=O) groups excluding carboxylic acids is 1. The Bertz CT molecular complexity index is 909. The van der Waals surface area contributed by atoms with Crippen LogP contribution >= 0.6 is 0 Å². The molecular weight excluding hydrogens is 344 g/mol. The van der Waals surface area contributed by atoms with Crippen molar-refractivity contribution in [2.24, 2.45) is 0 Å². The van der Waals surface area contributed by atoms with Crippen LogP contribution in [0.25, 0.3) is 0 Å². The molecule has 0 radical (unpaired) electrons. The summed E-state index contributed by atoms with van der Waals surface area (Å²) in [6, 6.07) is 9.90. The highest BCUT2D eigenvalue weighted by molar-refractivity contribution is 7.89. The number of fused-ring (bicyclic) bond motifs is 1. The number of likely N-dealkylation sites (tertiary alicyclic amines) is 1.